The minimum atomic E-state index is -0.0741. The molecule has 3 rings (SSSR count). The lowest BCUT2D eigenvalue weighted by atomic mass is 9.93. The van der Waals surface area contributed by atoms with Crippen LogP contribution in [0.4, 0.5) is 0 Å². The van der Waals surface area contributed by atoms with Crippen molar-refractivity contribution in [3.05, 3.63) is 59.7 Å². The summed E-state index contributed by atoms with van der Waals surface area (Å²) in [6.07, 6.45) is 11.5. The summed E-state index contributed by atoms with van der Waals surface area (Å²) >= 11 is 0. The highest BCUT2D eigenvalue weighted by molar-refractivity contribution is 5.76. The van der Waals surface area contributed by atoms with Crippen molar-refractivity contribution in [1.82, 2.24) is 10.2 Å². The van der Waals surface area contributed by atoms with Crippen molar-refractivity contribution in [1.29, 1.82) is 0 Å². The molecule has 33 heavy (non-hydrogen) atoms. The van der Waals surface area contributed by atoms with E-state index in [1.165, 1.54) is 24.8 Å². The number of unbranched alkanes of at least 4 members (excludes halogenated alkanes) is 2. The molecule has 180 valence electrons. The SMILES string of the molecule is O=C(CCNCCc1ccccc1)N(CCCCCc1ccc(O)c(O)c1)C1CCCCC1. The van der Waals surface area contributed by atoms with E-state index in [2.05, 4.69) is 34.5 Å². The third-order valence-electron chi connectivity index (χ3n) is 6.69. The summed E-state index contributed by atoms with van der Waals surface area (Å²) in [6, 6.07) is 15.9. The first-order valence-corrected chi connectivity index (χ1v) is 12.7. The molecule has 2 aromatic rings. The van der Waals surface area contributed by atoms with Gasteiger partial charge in [-0.25, -0.2) is 0 Å². The fourth-order valence-electron chi connectivity index (χ4n) is 4.76. The minimum absolute atomic E-state index is 0.0565. The van der Waals surface area contributed by atoms with E-state index < -0.39 is 0 Å². The Bertz CT molecular complexity index is 834. The van der Waals surface area contributed by atoms with Crippen molar-refractivity contribution in [2.45, 2.75) is 76.7 Å². The normalized spacial score (nSPS) is 14.3. The van der Waals surface area contributed by atoms with Gasteiger partial charge in [-0.2, -0.15) is 0 Å². The molecule has 0 aliphatic heterocycles. The molecule has 0 bridgehead atoms. The van der Waals surface area contributed by atoms with Crippen LogP contribution in [-0.2, 0) is 17.6 Å². The van der Waals surface area contributed by atoms with E-state index in [0.29, 0.717) is 12.5 Å². The Balaban J connectivity index is 1.38. The second-order valence-corrected chi connectivity index (χ2v) is 9.25. The van der Waals surface area contributed by atoms with Crippen LogP contribution in [0.2, 0.25) is 0 Å². The predicted molar refractivity (Wildman–Crippen MR) is 134 cm³/mol. The zero-order valence-electron chi connectivity index (χ0n) is 19.8. The molecule has 1 saturated carbocycles. The van der Waals surface area contributed by atoms with Crippen LogP contribution in [-0.4, -0.2) is 46.7 Å². The number of aryl methyl sites for hydroxylation is 1. The summed E-state index contributed by atoms with van der Waals surface area (Å²) in [6.45, 7) is 2.47. The molecule has 2 aromatic carbocycles. The fraction of sp³-hybridized carbons (Fsp3) is 0.536. The number of phenols is 2. The highest BCUT2D eigenvalue weighted by atomic mass is 16.3. The van der Waals surface area contributed by atoms with Crippen molar-refractivity contribution in [3.63, 3.8) is 0 Å². The van der Waals surface area contributed by atoms with Crippen LogP contribution in [0.3, 0.4) is 0 Å². The summed E-state index contributed by atoms with van der Waals surface area (Å²) in [5.41, 5.74) is 2.36. The second-order valence-electron chi connectivity index (χ2n) is 9.25. The third-order valence-corrected chi connectivity index (χ3v) is 6.69. The molecular formula is C28H40N2O3. The summed E-state index contributed by atoms with van der Waals surface area (Å²) in [4.78, 5) is 15.2. The molecule has 1 aliphatic carbocycles. The molecule has 1 amide bonds. The maximum absolute atomic E-state index is 13.1. The number of nitrogens with zero attached hydrogens (tertiary/aromatic N) is 1. The van der Waals surface area contributed by atoms with E-state index in [9.17, 15) is 15.0 Å². The van der Waals surface area contributed by atoms with Gasteiger partial charge in [-0.3, -0.25) is 4.79 Å². The van der Waals surface area contributed by atoms with Gasteiger partial charge in [0.15, 0.2) is 11.5 Å². The molecule has 5 heteroatoms. The molecule has 1 aliphatic rings. The van der Waals surface area contributed by atoms with Gasteiger partial charge in [-0.15, -0.1) is 0 Å². The topological polar surface area (TPSA) is 72.8 Å². The Kier molecular flexibility index (Phi) is 10.6. The average Bonchev–Trinajstić information content (AvgIpc) is 2.84. The lowest BCUT2D eigenvalue weighted by molar-refractivity contribution is -0.134. The van der Waals surface area contributed by atoms with Crippen molar-refractivity contribution >= 4 is 5.91 Å². The number of hydrogen-bond acceptors (Lipinski definition) is 4. The number of carbonyl (C=O) groups is 1. The zero-order chi connectivity index (χ0) is 23.3. The quantitative estimate of drug-likeness (QED) is 0.289. The third kappa shape index (κ3) is 8.73. The number of amides is 1. The molecule has 0 heterocycles. The molecular weight excluding hydrogens is 412 g/mol. The monoisotopic (exact) mass is 452 g/mol. The number of phenolic OH excluding ortho intramolecular Hbond substituents is 2. The van der Waals surface area contributed by atoms with Gasteiger partial charge in [-0.1, -0.05) is 62.1 Å². The minimum Gasteiger partial charge on any atom is -0.504 e. The van der Waals surface area contributed by atoms with Crippen LogP contribution in [0.25, 0.3) is 0 Å². The Hall–Kier alpha value is -2.53. The van der Waals surface area contributed by atoms with Crippen LogP contribution in [0.1, 0.15) is 68.9 Å². The van der Waals surface area contributed by atoms with Crippen molar-refractivity contribution in [3.8, 4) is 11.5 Å². The zero-order valence-corrected chi connectivity index (χ0v) is 19.8. The van der Waals surface area contributed by atoms with Gasteiger partial charge >= 0.3 is 0 Å². The predicted octanol–water partition coefficient (Wildman–Crippen LogP) is 5.19. The molecule has 0 radical (unpaired) electrons. The standard InChI is InChI=1S/C28H40N2O3/c31-26-16-15-24(22-27(26)32)12-6-3-9-21-30(25-13-7-2-8-14-25)28(33)18-20-29-19-17-23-10-4-1-5-11-23/h1,4-5,10-11,15-16,22,25,29,31-32H,2-3,6-9,12-14,17-21H2. The number of hydrogen-bond donors (Lipinski definition) is 3. The van der Waals surface area contributed by atoms with Crippen LogP contribution in [0.5, 0.6) is 11.5 Å². The van der Waals surface area contributed by atoms with Crippen molar-refractivity contribution in [2.75, 3.05) is 19.6 Å². The molecule has 0 saturated heterocycles. The summed E-state index contributed by atoms with van der Waals surface area (Å²) in [5.74, 6) is 0.159. The maximum Gasteiger partial charge on any atom is 0.224 e. The van der Waals surface area contributed by atoms with Gasteiger partial charge in [0.05, 0.1) is 0 Å². The van der Waals surface area contributed by atoms with Gasteiger partial charge in [-0.05, 0) is 68.3 Å². The largest absolute Gasteiger partial charge is 0.504 e. The van der Waals surface area contributed by atoms with E-state index in [-0.39, 0.29) is 17.4 Å². The molecule has 0 atom stereocenters. The van der Waals surface area contributed by atoms with Gasteiger partial charge < -0.3 is 20.4 Å². The highest BCUT2D eigenvalue weighted by Crippen LogP contribution is 2.26. The first kappa shape index (κ1) is 25.1. The van der Waals surface area contributed by atoms with Gasteiger partial charge in [0, 0.05) is 25.6 Å². The number of benzene rings is 2. The molecule has 0 spiro atoms. The number of aromatic hydroxyl groups is 2. The average molecular weight is 453 g/mol. The Morgan fingerprint density at radius 3 is 2.39 bits per heavy atom. The van der Waals surface area contributed by atoms with Gasteiger partial charge in [0.25, 0.3) is 0 Å². The van der Waals surface area contributed by atoms with Crippen molar-refractivity contribution in [2.24, 2.45) is 0 Å². The van der Waals surface area contributed by atoms with Crippen LogP contribution >= 0.6 is 0 Å². The van der Waals surface area contributed by atoms with Crippen molar-refractivity contribution < 1.29 is 15.0 Å². The van der Waals surface area contributed by atoms with E-state index in [1.54, 1.807) is 12.1 Å². The molecule has 0 unspecified atom stereocenters. The first-order valence-electron chi connectivity index (χ1n) is 12.7. The molecule has 5 nitrogen and oxygen atoms in total. The van der Waals surface area contributed by atoms with Crippen LogP contribution in [0, 0.1) is 0 Å². The fourth-order valence-corrected chi connectivity index (χ4v) is 4.76. The van der Waals surface area contributed by atoms with E-state index in [4.69, 9.17) is 0 Å². The molecule has 3 N–H and O–H groups in total. The van der Waals surface area contributed by atoms with E-state index >= 15 is 0 Å². The summed E-state index contributed by atoms with van der Waals surface area (Å²) in [7, 11) is 0. The Morgan fingerprint density at radius 1 is 0.848 bits per heavy atom. The van der Waals surface area contributed by atoms with Crippen LogP contribution in [0.15, 0.2) is 48.5 Å². The maximum atomic E-state index is 13.1. The Morgan fingerprint density at radius 2 is 1.64 bits per heavy atom. The number of carbonyl (C=O) groups excluding carboxylic acids is 1. The highest BCUT2D eigenvalue weighted by Gasteiger charge is 2.24. The summed E-state index contributed by atoms with van der Waals surface area (Å²) < 4.78 is 0. The van der Waals surface area contributed by atoms with Gasteiger partial charge in [0.2, 0.25) is 5.91 Å². The summed E-state index contributed by atoms with van der Waals surface area (Å²) in [5, 5.41) is 22.5. The number of nitrogens with one attached hydrogen (secondary N) is 1. The number of rotatable bonds is 13. The van der Waals surface area contributed by atoms with Crippen LogP contribution < -0.4 is 5.32 Å². The lowest BCUT2D eigenvalue weighted by Gasteiger charge is -2.34. The molecule has 1 fully saturated rings. The molecule has 0 aromatic heterocycles. The smallest absolute Gasteiger partial charge is 0.224 e. The van der Waals surface area contributed by atoms with E-state index in [1.807, 2.05) is 12.1 Å². The van der Waals surface area contributed by atoms with Gasteiger partial charge in [0.1, 0.15) is 0 Å². The Labute approximate surface area is 198 Å². The van der Waals surface area contributed by atoms with E-state index in [0.717, 1.165) is 70.1 Å². The lowest BCUT2D eigenvalue weighted by Crippen LogP contribution is -2.43. The first-order chi connectivity index (χ1) is 16.1. The second kappa shape index (κ2) is 13.9.